The lowest BCUT2D eigenvalue weighted by atomic mass is 10.1. The maximum Gasteiger partial charge on any atom is 0.214 e. The van der Waals surface area contributed by atoms with Crippen LogP contribution in [0.1, 0.15) is 51.8 Å². The second kappa shape index (κ2) is 6.25. The molecule has 0 aliphatic rings. The van der Waals surface area contributed by atoms with Gasteiger partial charge in [-0.3, -0.25) is 0 Å². The predicted molar refractivity (Wildman–Crippen MR) is 72.8 cm³/mol. The van der Waals surface area contributed by atoms with E-state index in [9.17, 15) is 0 Å². The molecule has 1 heterocycles. The van der Waals surface area contributed by atoms with Crippen LogP contribution < -0.4 is 4.74 Å². The van der Waals surface area contributed by atoms with Crippen molar-refractivity contribution in [2.75, 3.05) is 0 Å². The number of nitrogens with zero attached hydrogens (tertiary/aromatic N) is 1. The highest BCUT2D eigenvalue weighted by Gasteiger charge is 2.12. The highest BCUT2D eigenvalue weighted by atomic mass is 35.5. The molecule has 0 spiro atoms. The van der Waals surface area contributed by atoms with Gasteiger partial charge in [-0.15, -0.1) is 11.6 Å². The summed E-state index contributed by atoms with van der Waals surface area (Å²) in [6.45, 7) is 10.6. The minimum Gasteiger partial charge on any atom is -0.474 e. The third kappa shape index (κ3) is 4.19. The van der Waals surface area contributed by atoms with Crippen LogP contribution in [0, 0.1) is 5.92 Å². The molecule has 1 atom stereocenters. The monoisotopic (exact) mass is 255 g/mol. The van der Waals surface area contributed by atoms with Crippen LogP contribution in [0.15, 0.2) is 12.1 Å². The molecule has 0 saturated heterocycles. The maximum atomic E-state index is 5.89. The summed E-state index contributed by atoms with van der Waals surface area (Å²) in [5.74, 6) is 2.04. The Morgan fingerprint density at radius 1 is 1.18 bits per heavy atom. The van der Waals surface area contributed by atoms with Crippen molar-refractivity contribution in [3.05, 3.63) is 23.4 Å². The van der Waals surface area contributed by atoms with E-state index in [0.717, 1.165) is 11.3 Å². The Balaban J connectivity index is 2.94. The lowest BCUT2D eigenvalue weighted by Crippen LogP contribution is -2.19. The van der Waals surface area contributed by atoms with E-state index in [1.807, 2.05) is 12.1 Å². The summed E-state index contributed by atoms with van der Waals surface area (Å²) in [5.41, 5.74) is 2.10. The van der Waals surface area contributed by atoms with E-state index in [4.69, 9.17) is 16.3 Å². The molecule has 0 aliphatic heterocycles. The van der Waals surface area contributed by atoms with Gasteiger partial charge in [0, 0.05) is 17.6 Å². The molecular weight excluding hydrogens is 234 g/mol. The first kappa shape index (κ1) is 14.3. The molecule has 2 nitrogen and oxygen atoms in total. The van der Waals surface area contributed by atoms with Gasteiger partial charge in [0.25, 0.3) is 0 Å². The van der Waals surface area contributed by atoms with Crippen molar-refractivity contribution in [1.82, 2.24) is 4.98 Å². The summed E-state index contributed by atoms with van der Waals surface area (Å²) < 4.78 is 5.84. The molecule has 0 radical (unpaired) electrons. The first-order valence-corrected chi connectivity index (χ1v) is 6.71. The average molecular weight is 256 g/mol. The van der Waals surface area contributed by atoms with Gasteiger partial charge in [-0.1, -0.05) is 27.7 Å². The number of ether oxygens (including phenoxy) is 1. The maximum absolute atomic E-state index is 5.89. The van der Waals surface area contributed by atoms with Gasteiger partial charge in [0.05, 0.1) is 6.10 Å². The first-order valence-electron chi connectivity index (χ1n) is 6.17. The van der Waals surface area contributed by atoms with E-state index < -0.39 is 0 Å². The predicted octanol–water partition coefficient (Wildman–Crippen LogP) is 4.37. The number of hydrogen-bond acceptors (Lipinski definition) is 2. The zero-order valence-electron chi connectivity index (χ0n) is 11.3. The lowest BCUT2D eigenvalue weighted by molar-refractivity contribution is 0.163. The van der Waals surface area contributed by atoms with Crippen LogP contribution in [0.2, 0.25) is 0 Å². The molecule has 0 amide bonds. The minimum atomic E-state index is 0.160. The Hall–Kier alpha value is -0.760. The third-order valence-electron chi connectivity index (χ3n) is 2.87. The second-order valence-electron chi connectivity index (χ2n) is 5.09. The molecule has 1 aromatic rings. The number of halogens is 1. The Bertz CT molecular complexity index is 363. The van der Waals surface area contributed by atoms with Crippen molar-refractivity contribution in [2.24, 2.45) is 5.92 Å². The van der Waals surface area contributed by atoms with E-state index in [2.05, 4.69) is 39.6 Å². The molecule has 1 unspecified atom stereocenters. The largest absolute Gasteiger partial charge is 0.474 e. The van der Waals surface area contributed by atoms with Crippen LogP contribution in [0.5, 0.6) is 5.88 Å². The second-order valence-corrected chi connectivity index (χ2v) is 5.36. The lowest BCUT2D eigenvalue weighted by Gasteiger charge is -2.18. The summed E-state index contributed by atoms with van der Waals surface area (Å²) in [5, 5.41) is 0. The molecule has 0 aliphatic carbocycles. The Morgan fingerprint density at radius 3 is 2.29 bits per heavy atom. The van der Waals surface area contributed by atoms with Gasteiger partial charge in [-0.25, -0.2) is 4.98 Å². The molecule has 0 bridgehead atoms. The van der Waals surface area contributed by atoms with Gasteiger partial charge in [0.2, 0.25) is 5.88 Å². The van der Waals surface area contributed by atoms with Gasteiger partial charge >= 0.3 is 0 Å². The summed E-state index contributed by atoms with van der Waals surface area (Å²) in [6.07, 6.45) is 0.160. The first-order chi connectivity index (χ1) is 7.93. The molecule has 0 N–H and O–H groups in total. The van der Waals surface area contributed by atoms with Crippen LogP contribution in [-0.4, -0.2) is 11.1 Å². The van der Waals surface area contributed by atoms with E-state index in [0.29, 0.717) is 23.6 Å². The molecule has 96 valence electrons. The SMILES string of the molecule is CC(C)c1cc(CCl)cc(OC(C)C(C)C)n1. The Morgan fingerprint density at radius 2 is 1.82 bits per heavy atom. The van der Waals surface area contributed by atoms with Crippen molar-refractivity contribution in [1.29, 1.82) is 0 Å². The van der Waals surface area contributed by atoms with Crippen molar-refractivity contribution in [2.45, 2.75) is 52.5 Å². The quantitative estimate of drug-likeness (QED) is 0.729. The van der Waals surface area contributed by atoms with Crippen molar-refractivity contribution in [3.8, 4) is 5.88 Å². The van der Waals surface area contributed by atoms with Gasteiger partial charge < -0.3 is 4.74 Å². The molecule has 17 heavy (non-hydrogen) atoms. The fourth-order valence-corrected chi connectivity index (χ4v) is 1.50. The van der Waals surface area contributed by atoms with Gasteiger partial charge in [-0.05, 0) is 30.4 Å². The van der Waals surface area contributed by atoms with Crippen molar-refractivity contribution < 1.29 is 4.74 Å². The van der Waals surface area contributed by atoms with Gasteiger partial charge in [0.15, 0.2) is 0 Å². The smallest absolute Gasteiger partial charge is 0.214 e. The molecule has 0 saturated carbocycles. The highest BCUT2D eigenvalue weighted by Crippen LogP contribution is 2.21. The molecule has 1 aromatic heterocycles. The average Bonchev–Trinajstić information content (AvgIpc) is 2.28. The summed E-state index contributed by atoms with van der Waals surface area (Å²) in [4.78, 5) is 4.52. The van der Waals surface area contributed by atoms with Crippen LogP contribution in [0.25, 0.3) is 0 Å². The number of hydrogen-bond donors (Lipinski definition) is 0. The zero-order chi connectivity index (χ0) is 13.0. The summed E-state index contributed by atoms with van der Waals surface area (Å²) in [6, 6.07) is 3.97. The third-order valence-corrected chi connectivity index (χ3v) is 3.18. The van der Waals surface area contributed by atoms with Crippen LogP contribution in [0.3, 0.4) is 0 Å². The van der Waals surface area contributed by atoms with E-state index >= 15 is 0 Å². The summed E-state index contributed by atoms with van der Waals surface area (Å²) in [7, 11) is 0. The normalized spacial score (nSPS) is 13.2. The standard InChI is InChI=1S/C14H22ClNO/c1-9(2)11(5)17-14-7-12(8-15)6-13(16-14)10(3)4/h6-7,9-11H,8H2,1-5H3. The number of rotatable bonds is 5. The molecule has 3 heteroatoms. The molecule has 0 fully saturated rings. The number of aromatic nitrogens is 1. The number of alkyl halides is 1. The fraction of sp³-hybridized carbons (Fsp3) is 0.643. The minimum absolute atomic E-state index is 0.160. The fourth-order valence-electron chi connectivity index (χ4n) is 1.34. The van der Waals surface area contributed by atoms with Gasteiger partial charge in [0.1, 0.15) is 0 Å². The molecule has 1 rings (SSSR count). The highest BCUT2D eigenvalue weighted by molar-refractivity contribution is 6.17. The topological polar surface area (TPSA) is 22.1 Å². The van der Waals surface area contributed by atoms with Crippen LogP contribution in [0.4, 0.5) is 0 Å². The van der Waals surface area contributed by atoms with E-state index in [1.165, 1.54) is 0 Å². The molecular formula is C14H22ClNO. The zero-order valence-corrected chi connectivity index (χ0v) is 12.1. The van der Waals surface area contributed by atoms with Crippen molar-refractivity contribution in [3.63, 3.8) is 0 Å². The molecule has 0 aromatic carbocycles. The van der Waals surface area contributed by atoms with E-state index in [-0.39, 0.29) is 6.10 Å². The Kier molecular flexibility index (Phi) is 5.26. The summed E-state index contributed by atoms with van der Waals surface area (Å²) >= 11 is 5.89. The van der Waals surface area contributed by atoms with Gasteiger partial charge in [-0.2, -0.15) is 0 Å². The van der Waals surface area contributed by atoms with E-state index in [1.54, 1.807) is 0 Å². The number of pyridine rings is 1. The van der Waals surface area contributed by atoms with Crippen LogP contribution >= 0.6 is 11.6 Å². The van der Waals surface area contributed by atoms with Crippen LogP contribution in [-0.2, 0) is 5.88 Å². The Labute approximate surface area is 109 Å². The van der Waals surface area contributed by atoms with Crippen molar-refractivity contribution >= 4 is 11.6 Å².